The van der Waals surface area contributed by atoms with E-state index in [2.05, 4.69) is 5.32 Å². The van der Waals surface area contributed by atoms with Gasteiger partial charge in [-0.05, 0) is 68.3 Å². The van der Waals surface area contributed by atoms with E-state index in [0.29, 0.717) is 27.0 Å². The van der Waals surface area contributed by atoms with Crippen molar-refractivity contribution >= 4 is 50.5 Å². The molecule has 8 heteroatoms. The van der Waals surface area contributed by atoms with Crippen molar-refractivity contribution in [3.63, 3.8) is 0 Å². The second-order valence-electron chi connectivity index (χ2n) is 7.26. The minimum atomic E-state index is -4.03. The smallest absolute Gasteiger partial charge is 0.264 e. The summed E-state index contributed by atoms with van der Waals surface area (Å²) in [4.78, 5) is 13.0. The van der Waals surface area contributed by atoms with Gasteiger partial charge in [0.15, 0.2) is 0 Å². The standard InChI is InChI=1S/C23H22Cl2N2O3S/c1-15-4-10-20(11-5-15)31(29,30)27(22-13-19(25)9-7-17(22)3)14-23(28)26-21-12-18(24)8-6-16(21)2/h4-13H,14H2,1-3H3,(H,26,28). The number of carbonyl (C=O) groups excluding carboxylic acids is 1. The first-order chi connectivity index (χ1) is 14.6. The van der Waals surface area contributed by atoms with Gasteiger partial charge in [0.2, 0.25) is 5.91 Å². The van der Waals surface area contributed by atoms with E-state index in [4.69, 9.17) is 23.2 Å². The Labute approximate surface area is 192 Å². The fourth-order valence-electron chi connectivity index (χ4n) is 3.04. The molecule has 0 bridgehead atoms. The average Bonchev–Trinajstić information content (AvgIpc) is 2.71. The average molecular weight is 477 g/mol. The number of nitrogens with one attached hydrogen (secondary N) is 1. The molecule has 1 amide bonds. The van der Waals surface area contributed by atoms with Gasteiger partial charge in [-0.2, -0.15) is 0 Å². The molecule has 0 aliphatic carbocycles. The Hall–Kier alpha value is -2.54. The van der Waals surface area contributed by atoms with Gasteiger partial charge in [0, 0.05) is 15.7 Å². The molecular weight excluding hydrogens is 455 g/mol. The van der Waals surface area contributed by atoms with Crippen LogP contribution in [-0.2, 0) is 14.8 Å². The lowest BCUT2D eigenvalue weighted by Crippen LogP contribution is -2.38. The molecule has 3 aromatic carbocycles. The molecule has 3 aromatic rings. The highest BCUT2D eigenvalue weighted by molar-refractivity contribution is 7.92. The van der Waals surface area contributed by atoms with Gasteiger partial charge in [-0.1, -0.05) is 53.0 Å². The third kappa shape index (κ3) is 5.39. The molecule has 0 fully saturated rings. The fraction of sp³-hybridized carbons (Fsp3) is 0.174. The monoisotopic (exact) mass is 476 g/mol. The zero-order valence-corrected chi connectivity index (χ0v) is 19.6. The van der Waals surface area contributed by atoms with Crippen molar-refractivity contribution in [3.8, 4) is 0 Å². The van der Waals surface area contributed by atoms with Crippen molar-refractivity contribution < 1.29 is 13.2 Å². The number of hydrogen-bond acceptors (Lipinski definition) is 3. The van der Waals surface area contributed by atoms with Gasteiger partial charge in [-0.25, -0.2) is 8.42 Å². The zero-order valence-electron chi connectivity index (χ0n) is 17.3. The van der Waals surface area contributed by atoms with Gasteiger partial charge in [0.1, 0.15) is 6.54 Å². The highest BCUT2D eigenvalue weighted by atomic mass is 35.5. The van der Waals surface area contributed by atoms with Crippen molar-refractivity contribution in [2.45, 2.75) is 25.7 Å². The van der Waals surface area contributed by atoms with E-state index in [0.717, 1.165) is 15.4 Å². The molecule has 0 atom stereocenters. The first-order valence-electron chi connectivity index (χ1n) is 9.49. The summed E-state index contributed by atoms with van der Waals surface area (Å²) in [5.41, 5.74) is 3.27. The Morgan fingerprint density at radius 3 is 2.10 bits per heavy atom. The maximum absolute atomic E-state index is 13.5. The molecule has 0 aliphatic heterocycles. The van der Waals surface area contributed by atoms with Gasteiger partial charge in [-0.15, -0.1) is 0 Å². The van der Waals surface area contributed by atoms with E-state index in [1.165, 1.54) is 12.1 Å². The quantitative estimate of drug-likeness (QED) is 0.492. The second-order valence-corrected chi connectivity index (χ2v) is 10.00. The first kappa shape index (κ1) is 23.1. The van der Waals surface area contributed by atoms with Crippen LogP contribution in [-0.4, -0.2) is 20.9 Å². The van der Waals surface area contributed by atoms with E-state index < -0.39 is 22.5 Å². The number of aryl methyl sites for hydroxylation is 3. The molecular formula is C23H22Cl2N2O3S. The number of nitrogens with zero attached hydrogens (tertiary/aromatic N) is 1. The first-order valence-corrected chi connectivity index (χ1v) is 11.7. The van der Waals surface area contributed by atoms with E-state index in [1.807, 2.05) is 13.8 Å². The summed E-state index contributed by atoms with van der Waals surface area (Å²) in [7, 11) is -4.03. The van der Waals surface area contributed by atoms with Crippen LogP contribution in [0, 0.1) is 20.8 Å². The predicted molar refractivity (Wildman–Crippen MR) is 127 cm³/mol. The van der Waals surface area contributed by atoms with Crippen molar-refractivity contribution in [3.05, 3.63) is 87.4 Å². The second kappa shape index (κ2) is 9.30. The Morgan fingerprint density at radius 2 is 1.45 bits per heavy atom. The molecule has 0 aromatic heterocycles. The number of amides is 1. The molecule has 3 rings (SSSR count). The molecule has 0 saturated carbocycles. The summed E-state index contributed by atoms with van der Waals surface area (Å²) in [6, 6.07) is 16.5. The summed E-state index contributed by atoms with van der Waals surface area (Å²) in [5, 5.41) is 3.59. The number of halogens is 2. The zero-order chi connectivity index (χ0) is 22.8. The van der Waals surface area contributed by atoms with Crippen molar-refractivity contribution in [2.75, 3.05) is 16.2 Å². The van der Waals surface area contributed by atoms with Crippen LogP contribution in [0.1, 0.15) is 16.7 Å². The van der Waals surface area contributed by atoms with Gasteiger partial charge in [-0.3, -0.25) is 9.10 Å². The minimum Gasteiger partial charge on any atom is -0.324 e. The van der Waals surface area contributed by atoms with Crippen LogP contribution in [0.3, 0.4) is 0 Å². The predicted octanol–water partition coefficient (Wildman–Crippen LogP) is 5.75. The van der Waals surface area contributed by atoms with Crippen LogP contribution >= 0.6 is 23.2 Å². The van der Waals surface area contributed by atoms with Crippen LogP contribution in [0.5, 0.6) is 0 Å². The lowest BCUT2D eigenvalue weighted by molar-refractivity contribution is -0.114. The lowest BCUT2D eigenvalue weighted by Gasteiger charge is -2.26. The Kier molecular flexibility index (Phi) is 6.94. The summed E-state index contributed by atoms with van der Waals surface area (Å²) in [5.74, 6) is -0.500. The molecule has 5 nitrogen and oxygen atoms in total. The summed E-state index contributed by atoms with van der Waals surface area (Å²) < 4.78 is 28.1. The van der Waals surface area contributed by atoms with E-state index in [-0.39, 0.29) is 4.90 Å². The van der Waals surface area contributed by atoms with Crippen molar-refractivity contribution in [1.29, 1.82) is 0 Å². The van der Waals surface area contributed by atoms with E-state index in [1.54, 1.807) is 55.5 Å². The van der Waals surface area contributed by atoms with Gasteiger partial charge in [0.05, 0.1) is 10.6 Å². The third-order valence-corrected chi connectivity index (χ3v) is 7.05. The number of anilines is 2. The Balaban J connectivity index is 2.02. The lowest BCUT2D eigenvalue weighted by atomic mass is 10.2. The van der Waals surface area contributed by atoms with E-state index in [9.17, 15) is 13.2 Å². The number of rotatable bonds is 6. The van der Waals surface area contributed by atoms with Crippen molar-refractivity contribution in [2.24, 2.45) is 0 Å². The van der Waals surface area contributed by atoms with E-state index >= 15 is 0 Å². The number of sulfonamides is 1. The van der Waals surface area contributed by atoms with Crippen molar-refractivity contribution in [1.82, 2.24) is 0 Å². The van der Waals surface area contributed by atoms with Crippen LogP contribution in [0.25, 0.3) is 0 Å². The molecule has 31 heavy (non-hydrogen) atoms. The molecule has 0 radical (unpaired) electrons. The molecule has 0 heterocycles. The SMILES string of the molecule is Cc1ccc(S(=O)(=O)N(CC(=O)Nc2cc(Cl)ccc2C)c2cc(Cl)ccc2C)cc1. The van der Waals surface area contributed by atoms with Gasteiger partial charge in [0.25, 0.3) is 10.0 Å². The summed E-state index contributed by atoms with van der Waals surface area (Å²) in [6.45, 7) is 5.04. The Bertz CT molecular complexity index is 1230. The number of benzene rings is 3. The molecule has 0 spiro atoms. The van der Waals surface area contributed by atoms with Crippen LogP contribution < -0.4 is 9.62 Å². The maximum Gasteiger partial charge on any atom is 0.264 e. The molecule has 162 valence electrons. The molecule has 0 unspecified atom stereocenters. The normalized spacial score (nSPS) is 11.3. The van der Waals surface area contributed by atoms with Gasteiger partial charge >= 0.3 is 0 Å². The fourth-order valence-corrected chi connectivity index (χ4v) is 4.85. The van der Waals surface area contributed by atoms with Crippen LogP contribution in [0.15, 0.2) is 65.6 Å². The van der Waals surface area contributed by atoms with Gasteiger partial charge < -0.3 is 5.32 Å². The Morgan fingerprint density at radius 1 is 0.871 bits per heavy atom. The molecule has 0 aliphatic rings. The van der Waals surface area contributed by atoms with Crippen LogP contribution in [0.4, 0.5) is 11.4 Å². The number of hydrogen-bond donors (Lipinski definition) is 1. The minimum absolute atomic E-state index is 0.0872. The summed E-state index contributed by atoms with van der Waals surface area (Å²) >= 11 is 12.2. The molecule has 0 saturated heterocycles. The highest BCUT2D eigenvalue weighted by Gasteiger charge is 2.28. The van der Waals surface area contributed by atoms with Crippen LogP contribution in [0.2, 0.25) is 10.0 Å². The highest BCUT2D eigenvalue weighted by Crippen LogP contribution is 2.30. The largest absolute Gasteiger partial charge is 0.324 e. The number of carbonyl (C=O) groups is 1. The maximum atomic E-state index is 13.5. The topological polar surface area (TPSA) is 66.5 Å². The summed E-state index contributed by atoms with van der Waals surface area (Å²) in [6.07, 6.45) is 0. The third-order valence-electron chi connectivity index (χ3n) is 4.81. The molecule has 1 N–H and O–H groups in total.